The summed E-state index contributed by atoms with van der Waals surface area (Å²) < 4.78 is 2.04. The fourth-order valence-electron chi connectivity index (χ4n) is 2.66. The minimum atomic E-state index is -0.751. The Bertz CT molecular complexity index is 449. The van der Waals surface area contributed by atoms with E-state index in [4.69, 9.17) is 0 Å². The normalized spacial score (nSPS) is 19.6. The van der Waals surface area contributed by atoms with Crippen molar-refractivity contribution in [2.45, 2.75) is 45.7 Å². The third-order valence-corrected chi connectivity index (χ3v) is 3.82. The van der Waals surface area contributed by atoms with Gasteiger partial charge in [0, 0.05) is 25.0 Å². The second-order valence-electron chi connectivity index (χ2n) is 5.83. The van der Waals surface area contributed by atoms with Crippen molar-refractivity contribution in [3.63, 3.8) is 0 Å². The molecule has 2 N–H and O–H groups in total. The fraction of sp³-hybridized carbons (Fsp3) is 0.643. The molecule has 0 fully saturated rings. The van der Waals surface area contributed by atoms with E-state index in [0.717, 1.165) is 12.8 Å². The van der Waals surface area contributed by atoms with Crippen LogP contribution in [0.15, 0.2) is 12.4 Å². The van der Waals surface area contributed by atoms with Gasteiger partial charge in [-0.2, -0.15) is 0 Å². The molecule has 1 aliphatic carbocycles. The van der Waals surface area contributed by atoms with E-state index in [1.807, 2.05) is 11.6 Å². The molecule has 4 heteroatoms. The largest absolute Gasteiger partial charge is 0.481 e. The van der Waals surface area contributed by atoms with E-state index in [2.05, 4.69) is 17.7 Å². The van der Waals surface area contributed by atoms with E-state index in [1.165, 1.54) is 17.5 Å². The van der Waals surface area contributed by atoms with Crippen molar-refractivity contribution in [2.75, 3.05) is 7.05 Å². The molecule has 0 bridgehead atoms. The van der Waals surface area contributed by atoms with Crippen molar-refractivity contribution in [1.29, 1.82) is 0 Å². The van der Waals surface area contributed by atoms with E-state index in [9.17, 15) is 9.90 Å². The van der Waals surface area contributed by atoms with E-state index < -0.39 is 11.4 Å². The number of aryl methyl sites for hydroxylation is 1. The number of rotatable bonds is 4. The Morgan fingerprint density at radius 2 is 2.28 bits per heavy atom. The summed E-state index contributed by atoms with van der Waals surface area (Å²) in [6, 6.07) is 0.419. The maximum absolute atomic E-state index is 11.2. The predicted molar refractivity (Wildman–Crippen MR) is 70.6 cm³/mol. The summed E-state index contributed by atoms with van der Waals surface area (Å²) in [4.78, 5) is 11.2. The molecule has 18 heavy (non-hydrogen) atoms. The molecule has 1 aromatic heterocycles. The Kier molecular flexibility index (Phi) is 3.48. The van der Waals surface area contributed by atoms with Crippen molar-refractivity contribution in [1.82, 2.24) is 9.88 Å². The molecule has 1 aliphatic rings. The Morgan fingerprint density at radius 3 is 2.89 bits per heavy atom. The van der Waals surface area contributed by atoms with Crippen LogP contribution < -0.4 is 5.32 Å². The molecule has 0 radical (unpaired) electrons. The Labute approximate surface area is 108 Å². The maximum atomic E-state index is 11.2. The van der Waals surface area contributed by atoms with Gasteiger partial charge < -0.3 is 15.0 Å². The summed E-state index contributed by atoms with van der Waals surface area (Å²) in [5.74, 6) is -0.751. The molecule has 0 spiro atoms. The van der Waals surface area contributed by atoms with Gasteiger partial charge >= 0.3 is 5.97 Å². The van der Waals surface area contributed by atoms with Crippen LogP contribution in [-0.2, 0) is 17.8 Å². The van der Waals surface area contributed by atoms with Crippen LogP contribution in [0, 0.1) is 5.41 Å². The Hall–Kier alpha value is -1.29. The number of hydrogen-bond donors (Lipinski definition) is 2. The molecule has 100 valence electrons. The average molecular weight is 250 g/mol. The second kappa shape index (κ2) is 4.76. The third kappa shape index (κ3) is 2.43. The van der Waals surface area contributed by atoms with Crippen molar-refractivity contribution in [2.24, 2.45) is 5.41 Å². The predicted octanol–water partition coefficient (Wildman–Crippen LogP) is 2.20. The zero-order chi connectivity index (χ0) is 13.3. The molecule has 1 aromatic rings. The first-order chi connectivity index (χ1) is 8.44. The van der Waals surface area contributed by atoms with Gasteiger partial charge in [0.1, 0.15) is 0 Å². The SMILES string of the molecule is CNC1CCCc2cn(CC(C)(C)C(=O)O)cc21. The number of hydrogen-bond acceptors (Lipinski definition) is 2. The molecule has 1 unspecified atom stereocenters. The van der Waals surface area contributed by atoms with Crippen LogP contribution in [0.3, 0.4) is 0 Å². The van der Waals surface area contributed by atoms with Crippen LogP contribution in [0.5, 0.6) is 0 Å². The molecule has 1 atom stereocenters. The average Bonchev–Trinajstić information content (AvgIpc) is 2.69. The van der Waals surface area contributed by atoms with Crippen molar-refractivity contribution < 1.29 is 9.90 Å². The Morgan fingerprint density at radius 1 is 1.56 bits per heavy atom. The molecular weight excluding hydrogens is 228 g/mol. The van der Waals surface area contributed by atoms with Crippen LogP contribution >= 0.6 is 0 Å². The quantitative estimate of drug-likeness (QED) is 0.861. The van der Waals surface area contributed by atoms with Gasteiger partial charge in [0.25, 0.3) is 0 Å². The number of carbonyl (C=O) groups is 1. The minimum absolute atomic E-state index is 0.419. The summed E-state index contributed by atoms with van der Waals surface area (Å²) >= 11 is 0. The first kappa shape index (κ1) is 13.1. The lowest BCUT2D eigenvalue weighted by molar-refractivity contribution is -0.147. The van der Waals surface area contributed by atoms with Gasteiger partial charge in [0.15, 0.2) is 0 Å². The molecule has 1 heterocycles. The number of carboxylic acids is 1. The number of nitrogens with one attached hydrogen (secondary N) is 1. The molecule has 4 nitrogen and oxygen atoms in total. The van der Waals surface area contributed by atoms with Crippen molar-refractivity contribution >= 4 is 5.97 Å². The maximum Gasteiger partial charge on any atom is 0.310 e. The van der Waals surface area contributed by atoms with Gasteiger partial charge in [-0.1, -0.05) is 0 Å². The lowest BCUT2D eigenvalue weighted by Crippen LogP contribution is -2.28. The second-order valence-corrected chi connectivity index (χ2v) is 5.83. The van der Waals surface area contributed by atoms with Gasteiger partial charge in [0.05, 0.1) is 5.41 Å². The van der Waals surface area contributed by atoms with Crippen LogP contribution in [0.2, 0.25) is 0 Å². The number of fused-ring (bicyclic) bond motifs is 1. The summed E-state index contributed by atoms with van der Waals surface area (Å²) in [5, 5.41) is 12.5. The standard InChI is InChI=1S/C14H22N2O2/c1-14(2,13(17)18)9-16-7-10-5-4-6-12(15-3)11(10)8-16/h7-8,12,15H,4-6,9H2,1-3H3,(H,17,18). The molecule has 0 saturated carbocycles. The monoisotopic (exact) mass is 250 g/mol. The van der Waals surface area contributed by atoms with Gasteiger partial charge in [-0.15, -0.1) is 0 Å². The highest BCUT2D eigenvalue weighted by Crippen LogP contribution is 2.31. The molecule has 0 aromatic carbocycles. The smallest absolute Gasteiger partial charge is 0.310 e. The highest BCUT2D eigenvalue weighted by Gasteiger charge is 2.29. The van der Waals surface area contributed by atoms with Crippen LogP contribution in [0.1, 0.15) is 43.9 Å². The molecular formula is C14H22N2O2. The van der Waals surface area contributed by atoms with Crippen LogP contribution in [0.4, 0.5) is 0 Å². The summed E-state index contributed by atoms with van der Waals surface area (Å²) in [6.45, 7) is 4.06. The third-order valence-electron chi connectivity index (χ3n) is 3.82. The zero-order valence-corrected chi connectivity index (χ0v) is 11.4. The zero-order valence-electron chi connectivity index (χ0n) is 11.4. The first-order valence-electron chi connectivity index (χ1n) is 6.53. The highest BCUT2D eigenvalue weighted by atomic mass is 16.4. The minimum Gasteiger partial charge on any atom is -0.481 e. The van der Waals surface area contributed by atoms with Gasteiger partial charge in [-0.3, -0.25) is 4.79 Å². The molecule has 0 aliphatic heterocycles. The van der Waals surface area contributed by atoms with E-state index in [1.54, 1.807) is 13.8 Å². The highest BCUT2D eigenvalue weighted by molar-refractivity contribution is 5.73. The van der Waals surface area contributed by atoms with Gasteiger partial charge in [0.2, 0.25) is 0 Å². The van der Waals surface area contributed by atoms with E-state index in [0.29, 0.717) is 12.6 Å². The summed E-state index contributed by atoms with van der Waals surface area (Å²) in [7, 11) is 1.98. The number of carboxylic acid groups (broad SMARTS) is 1. The summed E-state index contributed by atoms with van der Waals surface area (Å²) in [6.07, 6.45) is 7.69. The van der Waals surface area contributed by atoms with Crippen molar-refractivity contribution in [3.8, 4) is 0 Å². The van der Waals surface area contributed by atoms with Crippen LogP contribution in [-0.4, -0.2) is 22.7 Å². The lowest BCUT2D eigenvalue weighted by Gasteiger charge is -2.21. The number of nitrogens with zero attached hydrogens (tertiary/aromatic N) is 1. The lowest BCUT2D eigenvalue weighted by atomic mass is 9.91. The Balaban J connectivity index is 2.22. The van der Waals surface area contributed by atoms with E-state index >= 15 is 0 Å². The molecule has 0 amide bonds. The molecule has 0 saturated heterocycles. The first-order valence-corrected chi connectivity index (χ1v) is 6.53. The van der Waals surface area contributed by atoms with E-state index in [-0.39, 0.29) is 0 Å². The number of aromatic nitrogens is 1. The topological polar surface area (TPSA) is 54.3 Å². The van der Waals surface area contributed by atoms with Crippen molar-refractivity contribution in [3.05, 3.63) is 23.5 Å². The fourth-order valence-corrected chi connectivity index (χ4v) is 2.66. The van der Waals surface area contributed by atoms with Gasteiger partial charge in [-0.05, 0) is 51.3 Å². The van der Waals surface area contributed by atoms with Gasteiger partial charge in [-0.25, -0.2) is 0 Å². The summed E-state index contributed by atoms with van der Waals surface area (Å²) in [5.41, 5.74) is 1.98. The molecule has 2 rings (SSSR count). The number of aliphatic carboxylic acids is 1. The van der Waals surface area contributed by atoms with Crippen LogP contribution in [0.25, 0.3) is 0 Å².